The molecule has 0 amide bonds. The summed E-state index contributed by atoms with van der Waals surface area (Å²) < 4.78 is 5.64. The normalized spacial score (nSPS) is 21.3. The van der Waals surface area contributed by atoms with Gasteiger partial charge >= 0.3 is 5.97 Å². The fourth-order valence-corrected chi connectivity index (χ4v) is 3.16. The zero-order valence-electron chi connectivity index (χ0n) is 10.1. The van der Waals surface area contributed by atoms with Crippen LogP contribution in [0.4, 0.5) is 5.95 Å². The van der Waals surface area contributed by atoms with Crippen LogP contribution in [-0.2, 0) is 9.53 Å². The molecule has 18 heavy (non-hydrogen) atoms. The molecule has 0 radical (unpaired) electrons. The second-order valence-electron chi connectivity index (χ2n) is 5.19. The minimum Gasteiger partial charge on any atom is -0.469 e. The van der Waals surface area contributed by atoms with Crippen molar-refractivity contribution in [2.45, 2.75) is 12.8 Å². The first kappa shape index (κ1) is 11.9. The summed E-state index contributed by atoms with van der Waals surface area (Å²) in [5.74, 6) is 0.798. The third-order valence-corrected chi connectivity index (χ3v) is 4.24. The molecule has 2 fully saturated rings. The van der Waals surface area contributed by atoms with Crippen molar-refractivity contribution in [2.24, 2.45) is 11.3 Å². The molecule has 0 atom stereocenters. The summed E-state index contributed by atoms with van der Waals surface area (Å²) >= 11 is 3.32. The van der Waals surface area contributed by atoms with Crippen LogP contribution in [0.3, 0.4) is 0 Å². The van der Waals surface area contributed by atoms with E-state index in [4.69, 9.17) is 4.74 Å². The quantitative estimate of drug-likeness (QED) is 0.777. The van der Waals surface area contributed by atoms with E-state index in [2.05, 4.69) is 30.8 Å². The summed E-state index contributed by atoms with van der Waals surface area (Å²) in [4.78, 5) is 22.0. The Morgan fingerprint density at radius 1 is 1.44 bits per heavy atom. The Morgan fingerprint density at radius 3 is 2.61 bits per heavy atom. The number of hydrogen-bond donors (Lipinski definition) is 0. The number of aromatic nitrogens is 2. The molecule has 1 aromatic rings. The number of ether oxygens (including phenoxy) is 1. The SMILES string of the molecule is COC(=O)C1CC2(C1)CN(c1ncc(Br)cn1)C2. The zero-order chi connectivity index (χ0) is 12.8. The minimum atomic E-state index is -0.0704. The Balaban J connectivity index is 1.55. The Morgan fingerprint density at radius 2 is 2.06 bits per heavy atom. The van der Waals surface area contributed by atoms with Gasteiger partial charge < -0.3 is 9.64 Å². The molecule has 0 bridgehead atoms. The second kappa shape index (κ2) is 4.19. The predicted octanol–water partition coefficient (Wildman–Crippen LogP) is 1.63. The molecule has 0 aromatic carbocycles. The average Bonchev–Trinajstić information content (AvgIpc) is 2.27. The molecule has 96 valence electrons. The maximum absolute atomic E-state index is 11.3. The van der Waals surface area contributed by atoms with Crippen molar-refractivity contribution in [3.05, 3.63) is 16.9 Å². The van der Waals surface area contributed by atoms with Crippen molar-refractivity contribution in [2.75, 3.05) is 25.1 Å². The number of methoxy groups -OCH3 is 1. The number of rotatable bonds is 2. The summed E-state index contributed by atoms with van der Waals surface area (Å²) in [7, 11) is 1.45. The molecule has 0 unspecified atom stereocenters. The van der Waals surface area contributed by atoms with Gasteiger partial charge in [0, 0.05) is 30.9 Å². The van der Waals surface area contributed by atoms with Gasteiger partial charge in [-0.15, -0.1) is 0 Å². The maximum atomic E-state index is 11.3. The Labute approximate surface area is 114 Å². The molecule has 1 saturated carbocycles. The molecule has 5 nitrogen and oxygen atoms in total. The van der Waals surface area contributed by atoms with Crippen molar-refractivity contribution in [1.82, 2.24) is 9.97 Å². The van der Waals surface area contributed by atoms with E-state index < -0.39 is 0 Å². The van der Waals surface area contributed by atoms with E-state index in [1.807, 2.05) is 0 Å². The molecule has 2 heterocycles. The third kappa shape index (κ3) is 1.88. The number of carbonyl (C=O) groups is 1. The van der Waals surface area contributed by atoms with Crippen LogP contribution < -0.4 is 4.90 Å². The first-order valence-electron chi connectivity index (χ1n) is 5.92. The van der Waals surface area contributed by atoms with Gasteiger partial charge in [0.05, 0.1) is 17.5 Å². The summed E-state index contributed by atoms with van der Waals surface area (Å²) in [6.45, 7) is 1.89. The van der Waals surface area contributed by atoms with E-state index in [9.17, 15) is 4.79 Å². The molecule has 0 N–H and O–H groups in total. The van der Waals surface area contributed by atoms with Crippen LogP contribution in [0, 0.1) is 11.3 Å². The summed E-state index contributed by atoms with van der Waals surface area (Å²) in [6, 6.07) is 0. The number of carbonyl (C=O) groups excluding carboxylic acids is 1. The highest BCUT2D eigenvalue weighted by Crippen LogP contribution is 2.52. The Bertz CT molecular complexity index is 463. The zero-order valence-corrected chi connectivity index (χ0v) is 11.7. The lowest BCUT2D eigenvalue weighted by Gasteiger charge is -2.58. The van der Waals surface area contributed by atoms with Gasteiger partial charge in [0.25, 0.3) is 0 Å². The highest BCUT2D eigenvalue weighted by molar-refractivity contribution is 9.10. The third-order valence-electron chi connectivity index (χ3n) is 3.84. The fourth-order valence-electron chi connectivity index (χ4n) is 2.95. The number of hydrogen-bond acceptors (Lipinski definition) is 5. The fraction of sp³-hybridized carbons (Fsp3) is 0.583. The van der Waals surface area contributed by atoms with Crippen LogP contribution in [0.1, 0.15) is 12.8 Å². The van der Waals surface area contributed by atoms with E-state index in [0.29, 0.717) is 5.41 Å². The van der Waals surface area contributed by atoms with Gasteiger partial charge in [0.2, 0.25) is 5.95 Å². The number of nitrogens with zero attached hydrogens (tertiary/aromatic N) is 3. The molecule has 6 heteroatoms. The topological polar surface area (TPSA) is 55.3 Å². The van der Waals surface area contributed by atoms with Crippen molar-refractivity contribution < 1.29 is 9.53 Å². The van der Waals surface area contributed by atoms with E-state index in [-0.39, 0.29) is 11.9 Å². The molecule has 1 aliphatic heterocycles. The molecule has 1 aliphatic carbocycles. The molecule has 1 spiro atoms. The van der Waals surface area contributed by atoms with Gasteiger partial charge in [-0.25, -0.2) is 9.97 Å². The maximum Gasteiger partial charge on any atom is 0.308 e. The number of halogens is 1. The highest BCUT2D eigenvalue weighted by Gasteiger charge is 2.55. The molecular weight excluding hydrogens is 298 g/mol. The predicted molar refractivity (Wildman–Crippen MR) is 69.1 cm³/mol. The van der Waals surface area contributed by atoms with E-state index >= 15 is 0 Å². The van der Waals surface area contributed by atoms with Crippen molar-refractivity contribution in [3.8, 4) is 0 Å². The summed E-state index contributed by atoms with van der Waals surface area (Å²) in [6.07, 6.45) is 5.39. The van der Waals surface area contributed by atoms with Gasteiger partial charge in [-0.3, -0.25) is 4.79 Å². The van der Waals surface area contributed by atoms with Gasteiger partial charge in [-0.2, -0.15) is 0 Å². The molecule has 2 aliphatic rings. The Kier molecular flexibility index (Phi) is 2.77. The van der Waals surface area contributed by atoms with Gasteiger partial charge in [0.15, 0.2) is 0 Å². The first-order chi connectivity index (χ1) is 8.62. The van der Waals surface area contributed by atoms with Crippen molar-refractivity contribution in [3.63, 3.8) is 0 Å². The smallest absolute Gasteiger partial charge is 0.308 e. The highest BCUT2D eigenvalue weighted by atomic mass is 79.9. The summed E-state index contributed by atoms with van der Waals surface area (Å²) in [5.41, 5.74) is 0.301. The van der Waals surface area contributed by atoms with Crippen LogP contribution in [0.25, 0.3) is 0 Å². The standard InChI is InChI=1S/C12H14BrN3O2/c1-18-10(17)8-2-12(3-8)6-16(7-12)11-14-4-9(13)5-15-11/h4-5,8H,2-3,6-7H2,1H3. The lowest BCUT2D eigenvalue weighted by molar-refractivity contribution is -0.155. The monoisotopic (exact) mass is 311 g/mol. The van der Waals surface area contributed by atoms with Crippen LogP contribution in [0.2, 0.25) is 0 Å². The van der Waals surface area contributed by atoms with Crippen LogP contribution in [0.15, 0.2) is 16.9 Å². The van der Waals surface area contributed by atoms with Gasteiger partial charge in [-0.1, -0.05) is 0 Å². The van der Waals surface area contributed by atoms with Crippen LogP contribution in [-0.4, -0.2) is 36.1 Å². The van der Waals surface area contributed by atoms with Crippen molar-refractivity contribution in [1.29, 1.82) is 0 Å². The summed E-state index contributed by atoms with van der Waals surface area (Å²) in [5, 5.41) is 0. The largest absolute Gasteiger partial charge is 0.469 e. The van der Waals surface area contributed by atoms with Gasteiger partial charge in [-0.05, 0) is 28.8 Å². The molecule has 1 saturated heterocycles. The van der Waals surface area contributed by atoms with E-state index in [1.54, 1.807) is 12.4 Å². The number of anilines is 1. The minimum absolute atomic E-state index is 0.0704. The van der Waals surface area contributed by atoms with Crippen molar-refractivity contribution >= 4 is 27.8 Å². The second-order valence-corrected chi connectivity index (χ2v) is 6.10. The average molecular weight is 312 g/mol. The molecular formula is C12H14BrN3O2. The Hall–Kier alpha value is -1.17. The number of esters is 1. The molecule has 1 aromatic heterocycles. The van der Waals surface area contributed by atoms with Gasteiger partial charge in [0.1, 0.15) is 0 Å². The van der Waals surface area contributed by atoms with Crippen LogP contribution in [0.5, 0.6) is 0 Å². The van der Waals surface area contributed by atoms with E-state index in [1.165, 1.54) is 7.11 Å². The first-order valence-corrected chi connectivity index (χ1v) is 6.71. The molecule has 3 rings (SSSR count). The lowest BCUT2D eigenvalue weighted by atomic mass is 9.58. The lowest BCUT2D eigenvalue weighted by Crippen LogP contribution is -2.63. The van der Waals surface area contributed by atoms with Crippen LogP contribution >= 0.6 is 15.9 Å². The van der Waals surface area contributed by atoms with E-state index in [0.717, 1.165) is 36.4 Å².